The second-order valence-corrected chi connectivity index (χ2v) is 4.08. The molecule has 4 heteroatoms. The largest absolute Gasteiger partial charge is 0.467 e. The number of hydrogen-bond donors (Lipinski definition) is 2. The summed E-state index contributed by atoms with van der Waals surface area (Å²) in [6.45, 7) is 2.97. The zero-order chi connectivity index (χ0) is 10.7. The van der Waals surface area contributed by atoms with Crippen LogP contribution in [-0.4, -0.2) is 43.3 Å². The average Bonchev–Trinajstić information content (AvgIpc) is 2.75. The van der Waals surface area contributed by atoms with Gasteiger partial charge in [0.25, 0.3) is 0 Å². The van der Waals surface area contributed by atoms with Crippen molar-refractivity contribution in [1.82, 2.24) is 10.2 Å². The second kappa shape index (κ2) is 4.35. The highest BCUT2D eigenvalue weighted by molar-refractivity contribution is 5.15. The first kappa shape index (κ1) is 10.7. The highest BCUT2D eigenvalue weighted by Crippen LogP contribution is 2.32. The second-order valence-electron chi connectivity index (χ2n) is 4.08. The number of aliphatic hydroxyl groups is 1. The SMILES string of the molecule is CN1CCNC[C@]1(CCO)c1ccco1. The van der Waals surface area contributed by atoms with E-state index < -0.39 is 0 Å². The molecule has 1 aliphatic heterocycles. The lowest BCUT2D eigenvalue weighted by Gasteiger charge is -2.44. The Bertz CT molecular complexity index is 296. The molecule has 0 saturated carbocycles. The minimum Gasteiger partial charge on any atom is -0.467 e. The minimum absolute atomic E-state index is 0.173. The first-order chi connectivity index (χ1) is 7.29. The predicted molar refractivity (Wildman–Crippen MR) is 57.6 cm³/mol. The number of aliphatic hydroxyl groups excluding tert-OH is 1. The molecule has 84 valence electrons. The molecule has 0 aromatic carbocycles. The van der Waals surface area contributed by atoms with Crippen LogP contribution in [0.15, 0.2) is 22.8 Å². The molecule has 0 amide bonds. The standard InChI is InChI=1S/C11H18N2O2/c1-13-6-5-12-9-11(13,4-7-14)10-3-2-8-15-10/h2-3,8,12,14H,4-7,9H2,1H3/t11-/m1/s1. The van der Waals surface area contributed by atoms with Crippen LogP contribution in [0, 0.1) is 0 Å². The summed E-state index contributed by atoms with van der Waals surface area (Å²) < 4.78 is 5.51. The molecule has 0 unspecified atom stereocenters. The van der Waals surface area contributed by atoms with Crippen LogP contribution in [0.3, 0.4) is 0 Å². The first-order valence-electron chi connectivity index (χ1n) is 5.36. The van der Waals surface area contributed by atoms with Crippen LogP contribution in [0.1, 0.15) is 12.2 Å². The first-order valence-corrected chi connectivity index (χ1v) is 5.36. The lowest BCUT2D eigenvalue weighted by molar-refractivity contribution is 0.0391. The Kier molecular flexibility index (Phi) is 3.09. The predicted octanol–water partition coefficient (Wildman–Crippen LogP) is 0.392. The minimum atomic E-state index is -0.184. The van der Waals surface area contributed by atoms with E-state index >= 15 is 0 Å². The van der Waals surface area contributed by atoms with Gasteiger partial charge in [0.1, 0.15) is 5.76 Å². The summed E-state index contributed by atoms with van der Waals surface area (Å²) in [4.78, 5) is 2.26. The van der Waals surface area contributed by atoms with Crippen molar-refractivity contribution >= 4 is 0 Å². The molecule has 0 spiro atoms. The summed E-state index contributed by atoms with van der Waals surface area (Å²) >= 11 is 0. The van der Waals surface area contributed by atoms with Gasteiger partial charge in [0.05, 0.1) is 11.8 Å². The third-order valence-electron chi connectivity index (χ3n) is 3.28. The summed E-state index contributed by atoms with van der Waals surface area (Å²) in [5, 5.41) is 12.6. The van der Waals surface area contributed by atoms with Crippen molar-refractivity contribution in [2.24, 2.45) is 0 Å². The highest BCUT2D eigenvalue weighted by Gasteiger charge is 2.40. The van der Waals surface area contributed by atoms with Gasteiger partial charge in [-0.2, -0.15) is 0 Å². The van der Waals surface area contributed by atoms with Gasteiger partial charge in [-0.1, -0.05) is 0 Å². The van der Waals surface area contributed by atoms with E-state index in [1.54, 1.807) is 6.26 Å². The number of nitrogens with one attached hydrogen (secondary N) is 1. The molecule has 1 aliphatic rings. The lowest BCUT2D eigenvalue weighted by Crippen LogP contribution is -2.57. The normalized spacial score (nSPS) is 28.1. The Labute approximate surface area is 89.9 Å². The van der Waals surface area contributed by atoms with E-state index in [4.69, 9.17) is 4.42 Å². The molecule has 2 N–H and O–H groups in total. The van der Waals surface area contributed by atoms with Gasteiger partial charge in [-0.15, -0.1) is 0 Å². The molecule has 1 fully saturated rings. The summed E-state index contributed by atoms with van der Waals surface area (Å²) in [5.74, 6) is 0.936. The average molecular weight is 210 g/mol. The van der Waals surface area contributed by atoms with E-state index in [1.165, 1.54) is 0 Å². The smallest absolute Gasteiger partial charge is 0.125 e. The van der Waals surface area contributed by atoms with Gasteiger partial charge in [-0.3, -0.25) is 4.90 Å². The molecule has 1 atom stereocenters. The maximum Gasteiger partial charge on any atom is 0.125 e. The summed E-state index contributed by atoms with van der Waals surface area (Å²) in [6, 6.07) is 3.88. The van der Waals surface area contributed by atoms with Crippen molar-refractivity contribution in [2.45, 2.75) is 12.0 Å². The van der Waals surface area contributed by atoms with Crippen molar-refractivity contribution in [3.63, 3.8) is 0 Å². The Morgan fingerprint density at radius 2 is 2.53 bits per heavy atom. The van der Waals surface area contributed by atoms with Crippen molar-refractivity contribution in [3.8, 4) is 0 Å². The molecule has 4 nitrogen and oxygen atoms in total. The van der Waals surface area contributed by atoms with Gasteiger partial charge in [-0.05, 0) is 25.6 Å². The molecule has 1 saturated heterocycles. The fourth-order valence-electron chi connectivity index (χ4n) is 2.30. The summed E-state index contributed by atoms with van der Waals surface area (Å²) in [6.07, 6.45) is 2.39. The van der Waals surface area contributed by atoms with Gasteiger partial charge in [0.2, 0.25) is 0 Å². The van der Waals surface area contributed by atoms with Crippen molar-refractivity contribution < 1.29 is 9.52 Å². The topological polar surface area (TPSA) is 48.6 Å². The highest BCUT2D eigenvalue weighted by atomic mass is 16.3. The van der Waals surface area contributed by atoms with Crippen LogP contribution in [-0.2, 0) is 5.54 Å². The molecule has 1 aromatic rings. The van der Waals surface area contributed by atoms with Gasteiger partial charge < -0.3 is 14.8 Å². The number of rotatable bonds is 3. The Balaban J connectivity index is 2.30. The molecule has 0 radical (unpaired) electrons. The van der Waals surface area contributed by atoms with E-state index in [-0.39, 0.29) is 12.1 Å². The zero-order valence-electron chi connectivity index (χ0n) is 9.07. The van der Waals surface area contributed by atoms with E-state index in [2.05, 4.69) is 17.3 Å². The van der Waals surface area contributed by atoms with E-state index in [1.807, 2.05) is 12.1 Å². The lowest BCUT2D eigenvalue weighted by atomic mass is 9.89. The van der Waals surface area contributed by atoms with Crippen molar-refractivity contribution in [2.75, 3.05) is 33.3 Å². The quantitative estimate of drug-likeness (QED) is 0.758. The molecule has 2 rings (SSSR count). The number of hydrogen-bond acceptors (Lipinski definition) is 4. The maximum atomic E-state index is 9.20. The van der Waals surface area contributed by atoms with Crippen LogP contribution in [0.4, 0.5) is 0 Å². The molecular formula is C11H18N2O2. The third-order valence-corrected chi connectivity index (χ3v) is 3.28. The van der Waals surface area contributed by atoms with Crippen LogP contribution in [0.5, 0.6) is 0 Å². The number of likely N-dealkylation sites (N-methyl/N-ethyl adjacent to an activating group) is 1. The number of nitrogens with zero attached hydrogens (tertiary/aromatic N) is 1. The van der Waals surface area contributed by atoms with Gasteiger partial charge in [0.15, 0.2) is 0 Å². The number of furan rings is 1. The van der Waals surface area contributed by atoms with Crippen LogP contribution in [0.2, 0.25) is 0 Å². The Morgan fingerprint density at radius 1 is 1.67 bits per heavy atom. The van der Waals surface area contributed by atoms with Crippen molar-refractivity contribution in [1.29, 1.82) is 0 Å². The molecule has 15 heavy (non-hydrogen) atoms. The van der Waals surface area contributed by atoms with Gasteiger partial charge >= 0.3 is 0 Å². The van der Waals surface area contributed by atoms with Gasteiger partial charge in [-0.25, -0.2) is 0 Å². The summed E-state index contributed by atoms with van der Waals surface area (Å²) in [7, 11) is 2.08. The van der Waals surface area contributed by atoms with Crippen LogP contribution in [0.25, 0.3) is 0 Å². The molecule has 0 bridgehead atoms. The maximum absolute atomic E-state index is 9.20. The van der Waals surface area contributed by atoms with E-state index in [0.29, 0.717) is 6.42 Å². The van der Waals surface area contributed by atoms with E-state index in [0.717, 1.165) is 25.4 Å². The number of piperazine rings is 1. The third kappa shape index (κ3) is 1.80. The van der Waals surface area contributed by atoms with Gasteiger partial charge in [0, 0.05) is 26.2 Å². The van der Waals surface area contributed by atoms with Crippen LogP contribution < -0.4 is 5.32 Å². The Morgan fingerprint density at radius 3 is 3.13 bits per heavy atom. The fraction of sp³-hybridized carbons (Fsp3) is 0.636. The Hall–Kier alpha value is -0.840. The molecular weight excluding hydrogens is 192 g/mol. The zero-order valence-corrected chi connectivity index (χ0v) is 9.07. The van der Waals surface area contributed by atoms with Crippen LogP contribution >= 0.6 is 0 Å². The van der Waals surface area contributed by atoms with E-state index in [9.17, 15) is 5.11 Å². The van der Waals surface area contributed by atoms with Crippen molar-refractivity contribution in [3.05, 3.63) is 24.2 Å². The molecule has 0 aliphatic carbocycles. The fourth-order valence-corrected chi connectivity index (χ4v) is 2.30. The summed E-state index contributed by atoms with van der Waals surface area (Å²) in [5.41, 5.74) is -0.184. The monoisotopic (exact) mass is 210 g/mol. The molecule has 2 heterocycles. The molecule has 1 aromatic heterocycles.